The minimum atomic E-state index is -1.30. The Labute approximate surface area is 139 Å². The maximum Gasteiger partial charge on any atom is 0.359 e. The molecule has 0 aliphatic carbocycles. The fourth-order valence-corrected chi connectivity index (χ4v) is 2.25. The Balaban J connectivity index is 2.45. The summed E-state index contributed by atoms with van der Waals surface area (Å²) in [6, 6.07) is 3.80. The summed E-state index contributed by atoms with van der Waals surface area (Å²) < 4.78 is 25.4. The summed E-state index contributed by atoms with van der Waals surface area (Å²) in [7, 11) is 1.61. The van der Waals surface area contributed by atoms with Crippen molar-refractivity contribution in [2.75, 3.05) is 13.2 Å². The van der Waals surface area contributed by atoms with Gasteiger partial charge in [-0.25, -0.2) is 9.18 Å². The van der Waals surface area contributed by atoms with E-state index in [2.05, 4.69) is 11.7 Å². The van der Waals surface area contributed by atoms with E-state index in [-0.39, 0.29) is 30.0 Å². The molecule has 1 N–H and O–H groups in total. The van der Waals surface area contributed by atoms with Gasteiger partial charge in [-0.05, 0) is 25.1 Å². The molecule has 0 fully saturated rings. The van der Waals surface area contributed by atoms with Crippen LogP contribution in [-0.4, -0.2) is 34.1 Å². The van der Waals surface area contributed by atoms with Crippen LogP contribution in [0.4, 0.5) is 4.39 Å². The van der Waals surface area contributed by atoms with Gasteiger partial charge in [-0.2, -0.15) is 5.10 Å². The van der Waals surface area contributed by atoms with Crippen molar-refractivity contribution in [2.24, 2.45) is 7.05 Å². The van der Waals surface area contributed by atoms with E-state index in [1.807, 2.05) is 0 Å². The molecule has 0 saturated heterocycles. The van der Waals surface area contributed by atoms with Crippen LogP contribution in [0.25, 0.3) is 0 Å². The molecule has 0 amide bonds. The number of hydrogen-bond donors (Lipinski definition) is 1. The molecule has 2 rings (SSSR count). The Kier molecular flexibility index (Phi) is 5.70. The number of benzene rings is 1. The van der Waals surface area contributed by atoms with Gasteiger partial charge < -0.3 is 14.6 Å². The SMILES string of the molecule is C=CCOc1ccc(F)cc1C(O)c1cn(C)nc1C(=O)OCC. The zero-order chi connectivity index (χ0) is 17.7. The van der Waals surface area contributed by atoms with Crippen LogP contribution >= 0.6 is 0 Å². The van der Waals surface area contributed by atoms with Gasteiger partial charge in [0.05, 0.1) is 6.61 Å². The van der Waals surface area contributed by atoms with E-state index in [4.69, 9.17) is 9.47 Å². The number of nitrogens with zero attached hydrogens (tertiary/aromatic N) is 2. The fraction of sp³-hybridized carbons (Fsp3) is 0.294. The van der Waals surface area contributed by atoms with Crippen molar-refractivity contribution in [3.8, 4) is 5.75 Å². The van der Waals surface area contributed by atoms with E-state index < -0.39 is 17.9 Å². The quantitative estimate of drug-likeness (QED) is 0.622. The van der Waals surface area contributed by atoms with Crippen LogP contribution in [0.5, 0.6) is 5.75 Å². The van der Waals surface area contributed by atoms with Crippen LogP contribution in [0.3, 0.4) is 0 Å². The van der Waals surface area contributed by atoms with Crippen molar-refractivity contribution in [3.63, 3.8) is 0 Å². The number of aryl methyl sites for hydroxylation is 1. The van der Waals surface area contributed by atoms with Crippen LogP contribution < -0.4 is 4.74 Å². The molecule has 1 aromatic heterocycles. The smallest absolute Gasteiger partial charge is 0.359 e. The Morgan fingerprint density at radius 2 is 2.25 bits per heavy atom. The van der Waals surface area contributed by atoms with Crippen LogP contribution in [-0.2, 0) is 11.8 Å². The molecule has 24 heavy (non-hydrogen) atoms. The molecule has 6 nitrogen and oxygen atoms in total. The maximum absolute atomic E-state index is 13.6. The molecule has 7 heteroatoms. The Morgan fingerprint density at radius 3 is 2.92 bits per heavy atom. The second kappa shape index (κ2) is 7.74. The molecule has 1 heterocycles. The highest BCUT2D eigenvalue weighted by Gasteiger charge is 2.26. The number of halogens is 1. The minimum Gasteiger partial charge on any atom is -0.489 e. The van der Waals surface area contributed by atoms with E-state index in [0.717, 1.165) is 6.07 Å². The fourth-order valence-electron chi connectivity index (χ4n) is 2.25. The van der Waals surface area contributed by atoms with Crippen molar-refractivity contribution in [3.05, 3.63) is 59.7 Å². The third-order valence-electron chi connectivity index (χ3n) is 3.24. The minimum absolute atomic E-state index is 0.0224. The first-order chi connectivity index (χ1) is 11.5. The van der Waals surface area contributed by atoms with Crippen LogP contribution in [0.15, 0.2) is 37.1 Å². The lowest BCUT2D eigenvalue weighted by molar-refractivity contribution is 0.0513. The maximum atomic E-state index is 13.6. The average Bonchev–Trinajstić information content (AvgIpc) is 2.95. The molecular formula is C17H19FN2O4. The predicted octanol–water partition coefficient (Wildman–Crippen LogP) is 2.38. The van der Waals surface area contributed by atoms with Gasteiger partial charge in [-0.15, -0.1) is 0 Å². The lowest BCUT2D eigenvalue weighted by atomic mass is 10.0. The van der Waals surface area contributed by atoms with Gasteiger partial charge in [-0.3, -0.25) is 4.68 Å². The zero-order valence-corrected chi connectivity index (χ0v) is 13.5. The van der Waals surface area contributed by atoms with Crippen molar-refractivity contribution in [1.82, 2.24) is 9.78 Å². The van der Waals surface area contributed by atoms with E-state index in [1.54, 1.807) is 14.0 Å². The first kappa shape index (κ1) is 17.7. The number of carbonyl (C=O) groups excluding carboxylic acids is 1. The highest BCUT2D eigenvalue weighted by atomic mass is 19.1. The molecule has 0 saturated carbocycles. The topological polar surface area (TPSA) is 73.6 Å². The van der Waals surface area contributed by atoms with Gasteiger partial charge in [-0.1, -0.05) is 12.7 Å². The number of aliphatic hydroxyl groups is 1. The van der Waals surface area contributed by atoms with E-state index in [1.165, 1.54) is 29.1 Å². The number of esters is 1. The monoisotopic (exact) mass is 334 g/mol. The Bertz CT molecular complexity index is 742. The van der Waals surface area contributed by atoms with E-state index in [0.29, 0.717) is 5.75 Å². The second-order valence-electron chi connectivity index (χ2n) is 5.01. The van der Waals surface area contributed by atoms with Gasteiger partial charge >= 0.3 is 5.97 Å². The van der Waals surface area contributed by atoms with Crippen molar-refractivity contribution >= 4 is 5.97 Å². The number of rotatable bonds is 7. The predicted molar refractivity (Wildman–Crippen MR) is 85.3 cm³/mol. The van der Waals surface area contributed by atoms with Gasteiger partial charge in [0.2, 0.25) is 0 Å². The molecule has 1 atom stereocenters. The lowest BCUT2D eigenvalue weighted by Crippen LogP contribution is -2.12. The Hall–Kier alpha value is -2.67. The Morgan fingerprint density at radius 1 is 1.50 bits per heavy atom. The van der Waals surface area contributed by atoms with Crippen LogP contribution in [0.2, 0.25) is 0 Å². The first-order valence-electron chi connectivity index (χ1n) is 7.39. The second-order valence-corrected chi connectivity index (χ2v) is 5.01. The molecule has 0 spiro atoms. The summed E-state index contributed by atoms with van der Waals surface area (Å²) >= 11 is 0. The number of aromatic nitrogens is 2. The summed E-state index contributed by atoms with van der Waals surface area (Å²) in [5.74, 6) is -0.892. The summed E-state index contributed by atoms with van der Waals surface area (Å²) in [5.41, 5.74) is 0.381. The van der Waals surface area contributed by atoms with Gasteiger partial charge in [0.1, 0.15) is 24.3 Å². The van der Waals surface area contributed by atoms with Crippen molar-refractivity contribution in [1.29, 1.82) is 0 Å². The molecule has 128 valence electrons. The molecule has 0 bridgehead atoms. The zero-order valence-electron chi connectivity index (χ0n) is 13.5. The van der Waals surface area contributed by atoms with Crippen molar-refractivity contribution in [2.45, 2.75) is 13.0 Å². The third kappa shape index (κ3) is 3.80. The highest BCUT2D eigenvalue weighted by molar-refractivity contribution is 5.89. The molecule has 0 radical (unpaired) electrons. The average molecular weight is 334 g/mol. The lowest BCUT2D eigenvalue weighted by Gasteiger charge is -2.15. The highest BCUT2D eigenvalue weighted by Crippen LogP contribution is 2.32. The van der Waals surface area contributed by atoms with Crippen LogP contribution in [0, 0.1) is 5.82 Å². The largest absolute Gasteiger partial charge is 0.489 e. The summed E-state index contributed by atoms with van der Waals surface area (Å²) in [4.78, 5) is 12.0. The van der Waals surface area contributed by atoms with Gasteiger partial charge in [0.25, 0.3) is 0 Å². The molecule has 1 aromatic carbocycles. The summed E-state index contributed by atoms with van der Waals surface area (Å²) in [6.07, 6.45) is 1.72. The third-order valence-corrected chi connectivity index (χ3v) is 3.24. The molecule has 0 aliphatic rings. The van der Waals surface area contributed by atoms with Crippen LogP contribution in [0.1, 0.15) is 34.6 Å². The number of hydrogen-bond acceptors (Lipinski definition) is 5. The normalized spacial score (nSPS) is 11.8. The number of carbonyl (C=O) groups is 1. The summed E-state index contributed by atoms with van der Waals surface area (Å²) in [6.45, 7) is 5.60. The molecular weight excluding hydrogens is 315 g/mol. The van der Waals surface area contributed by atoms with Gasteiger partial charge in [0.15, 0.2) is 5.69 Å². The van der Waals surface area contributed by atoms with Crippen molar-refractivity contribution < 1.29 is 23.8 Å². The first-order valence-corrected chi connectivity index (χ1v) is 7.39. The molecule has 1 unspecified atom stereocenters. The van der Waals surface area contributed by atoms with Gasteiger partial charge in [0, 0.05) is 24.4 Å². The number of aliphatic hydroxyl groups excluding tert-OH is 1. The summed E-state index contributed by atoms with van der Waals surface area (Å²) in [5, 5.41) is 14.7. The molecule has 0 aliphatic heterocycles. The van der Waals surface area contributed by atoms with E-state index in [9.17, 15) is 14.3 Å². The number of ether oxygens (including phenoxy) is 2. The standard InChI is InChI=1S/C17H19FN2O4/c1-4-8-24-14-7-6-11(18)9-12(14)16(21)13-10-20(3)19-15(13)17(22)23-5-2/h4,6-7,9-10,16,21H,1,5,8H2,2-3H3. The molecule has 2 aromatic rings. The van der Waals surface area contributed by atoms with E-state index >= 15 is 0 Å².